The van der Waals surface area contributed by atoms with Crippen molar-refractivity contribution in [2.45, 2.75) is 22.8 Å². The molecule has 0 bridgehead atoms. The maximum absolute atomic E-state index is 12.5. The Morgan fingerprint density at radius 2 is 1.82 bits per heavy atom. The van der Waals surface area contributed by atoms with E-state index in [1.807, 2.05) is 0 Å². The van der Waals surface area contributed by atoms with Crippen LogP contribution in [0.1, 0.15) is 23.2 Å². The molecule has 2 heterocycles. The van der Waals surface area contributed by atoms with E-state index in [4.69, 9.17) is 5.11 Å². The lowest BCUT2D eigenvalue weighted by Gasteiger charge is -2.15. The van der Waals surface area contributed by atoms with Crippen molar-refractivity contribution in [3.63, 3.8) is 0 Å². The zero-order valence-corrected chi connectivity index (χ0v) is 16.5. The van der Waals surface area contributed by atoms with Gasteiger partial charge in [0.2, 0.25) is 15.9 Å². The fraction of sp³-hybridized carbons (Fsp3) is 0.278. The van der Waals surface area contributed by atoms with Crippen LogP contribution < -0.4 is 5.32 Å². The topological polar surface area (TPSA) is 117 Å². The van der Waals surface area contributed by atoms with Crippen molar-refractivity contribution < 1.29 is 23.1 Å². The number of hydrogen-bond donors (Lipinski definition) is 2. The van der Waals surface area contributed by atoms with Gasteiger partial charge >= 0.3 is 5.97 Å². The number of amides is 1. The van der Waals surface area contributed by atoms with E-state index in [-0.39, 0.29) is 27.1 Å². The molecule has 1 saturated heterocycles. The Morgan fingerprint density at radius 1 is 1.14 bits per heavy atom. The van der Waals surface area contributed by atoms with Gasteiger partial charge in [-0.1, -0.05) is 11.8 Å². The molecule has 0 saturated carbocycles. The summed E-state index contributed by atoms with van der Waals surface area (Å²) >= 11 is 1.02. The summed E-state index contributed by atoms with van der Waals surface area (Å²) < 4.78 is 26.5. The van der Waals surface area contributed by atoms with Crippen molar-refractivity contribution in [2.24, 2.45) is 0 Å². The van der Waals surface area contributed by atoms with Crippen LogP contribution in [0.4, 0.5) is 5.69 Å². The number of sulfonamides is 1. The van der Waals surface area contributed by atoms with Gasteiger partial charge in [0, 0.05) is 25.0 Å². The Balaban J connectivity index is 1.60. The number of pyridine rings is 1. The molecule has 0 radical (unpaired) electrons. The van der Waals surface area contributed by atoms with Crippen LogP contribution in [0.3, 0.4) is 0 Å². The molecule has 1 aromatic heterocycles. The van der Waals surface area contributed by atoms with Gasteiger partial charge in [0.05, 0.1) is 16.2 Å². The van der Waals surface area contributed by atoms with E-state index in [0.717, 1.165) is 24.6 Å². The third-order valence-electron chi connectivity index (χ3n) is 4.18. The molecule has 2 aromatic rings. The molecule has 0 aliphatic carbocycles. The molecule has 8 nitrogen and oxygen atoms in total. The molecule has 0 atom stereocenters. The minimum atomic E-state index is -3.49. The van der Waals surface area contributed by atoms with Crippen molar-refractivity contribution in [3.05, 3.63) is 48.2 Å². The number of carboxylic acids is 1. The lowest BCUT2D eigenvalue weighted by atomic mass is 10.3. The Labute approximate surface area is 167 Å². The number of rotatable bonds is 7. The standard InChI is InChI=1S/C18H19N3O5S2/c22-16(12-27-17-15(18(23)24)4-3-9-19-17)20-13-5-7-14(8-6-13)28(25,26)21-10-1-2-11-21/h3-9H,1-2,10-12H2,(H,20,22)(H,23,24). The van der Waals surface area contributed by atoms with Crippen LogP contribution in [0, 0.1) is 0 Å². The SMILES string of the molecule is O=C(CSc1ncccc1C(=O)O)Nc1ccc(S(=O)(=O)N2CCCC2)cc1. The highest BCUT2D eigenvalue weighted by Crippen LogP contribution is 2.23. The quantitative estimate of drug-likeness (QED) is 0.659. The Morgan fingerprint density at radius 3 is 2.46 bits per heavy atom. The largest absolute Gasteiger partial charge is 0.478 e. The average molecular weight is 422 g/mol. The summed E-state index contributed by atoms with van der Waals surface area (Å²) in [7, 11) is -3.49. The molecule has 1 aliphatic rings. The van der Waals surface area contributed by atoms with Crippen LogP contribution in [0.15, 0.2) is 52.5 Å². The number of benzene rings is 1. The minimum Gasteiger partial charge on any atom is -0.478 e. The van der Waals surface area contributed by atoms with Gasteiger partial charge < -0.3 is 10.4 Å². The van der Waals surface area contributed by atoms with E-state index in [1.165, 1.54) is 46.9 Å². The van der Waals surface area contributed by atoms with Gasteiger partial charge in [0.15, 0.2) is 0 Å². The molecule has 0 spiro atoms. The number of anilines is 1. The van der Waals surface area contributed by atoms with Crippen molar-refractivity contribution >= 4 is 39.3 Å². The number of thioether (sulfide) groups is 1. The summed E-state index contributed by atoms with van der Waals surface area (Å²) in [6, 6.07) is 8.96. The molecule has 10 heteroatoms. The lowest BCUT2D eigenvalue weighted by molar-refractivity contribution is -0.113. The maximum Gasteiger partial charge on any atom is 0.338 e. The molecular weight excluding hydrogens is 402 g/mol. The summed E-state index contributed by atoms with van der Waals surface area (Å²) in [5, 5.41) is 12.1. The number of carbonyl (C=O) groups excluding carboxylic acids is 1. The normalized spacial score (nSPS) is 14.7. The molecule has 1 amide bonds. The minimum absolute atomic E-state index is 0.0227. The highest BCUT2D eigenvalue weighted by atomic mass is 32.2. The number of nitrogens with zero attached hydrogens (tertiary/aromatic N) is 2. The Hall–Kier alpha value is -2.43. The fourth-order valence-electron chi connectivity index (χ4n) is 2.79. The molecule has 148 valence electrons. The highest BCUT2D eigenvalue weighted by Gasteiger charge is 2.26. The first-order chi connectivity index (χ1) is 13.4. The van der Waals surface area contributed by atoms with Gasteiger partial charge in [0.1, 0.15) is 5.03 Å². The average Bonchev–Trinajstić information content (AvgIpc) is 3.23. The summed E-state index contributed by atoms with van der Waals surface area (Å²) in [4.78, 5) is 27.5. The van der Waals surface area contributed by atoms with E-state index in [9.17, 15) is 18.0 Å². The van der Waals surface area contributed by atoms with Gasteiger partial charge in [-0.15, -0.1) is 0 Å². The number of aromatic nitrogens is 1. The van der Waals surface area contributed by atoms with Crippen LogP contribution in [-0.2, 0) is 14.8 Å². The smallest absolute Gasteiger partial charge is 0.338 e. The number of aromatic carboxylic acids is 1. The molecule has 3 rings (SSSR count). The van der Waals surface area contributed by atoms with Crippen molar-refractivity contribution in [1.29, 1.82) is 0 Å². The molecule has 2 N–H and O–H groups in total. The van der Waals surface area contributed by atoms with Crippen molar-refractivity contribution in [1.82, 2.24) is 9.29 Å². The van der Waals surface area contributed by atoms with E-state index >= 15 is 0 Å². The van der Waals surface area contributed by atoms with Crippen LogP contribution in [-0.4, -0.2) is 53.5 Å². The van der Waals surface area contributed by atoms with Crippen LogP contribution in [0.5, 0.6) is 0 Å². The van der Waals surface area contributed by atoms with Gasteiger partial charge in [-0.2, -0.15) is 4.31 Å². The fourth-order valence-corrected chi connectivity index (χ4v) is 5.09. The van der Waals surface area contributed by atoms with Gasteiger partial charge in [-0.05, 0) is 49.2 Å². The monoisotopic (exact) mass is 421 g/mol. The summed E-state index contributed by atoms with van der Waals surface area (Å²) in [5.74, 6) is -1.47. The van der Waals surface area contributed by atoms with Gasteiger partial charge in [0.25, 0.3) is 0 Å². The highest BCUT2D eigenvalue weighted by molar-refractivity contribution is 8.00. The van der Waals surface area contributed by atoms with E-state index in [0.29, 0.717) is 18.8 Å². The Bertz CT molecular complexity index is 971. The second-order valence-electron chi connectivity index (χ2n) is 6.13. The predicted octanol–water partition coefficient (Wildman–Crippen LogP) is 2.30. The number of carboxylic acid groups (broad SMARTS) is 1. The van der Waals surface area contributed by atoms with Crippen LogP contribution >= 0.6 is 11.8 Å². The van der Waals surface area contributed by atoms with Crippen molar-refractivity contribution in [2.75, 3.05) is 24.2 Å². The molecule has 0 unspecified atom stereocenters. The van der Waals surface area contributed by atoms with E-state index < -0.39 is 16.0 Å². The van der Waals surface area contributed by atoms with Crippen LogP contribution in [0.2, 0.25) is 0 Å². The molecular formula is C18H19N3O5S2. The second-order valence-corrected chi connectivity index (χ2v) is 9.04. The number of hydrogen-bond acceptors (Lipinski definition) is 6. The van der Waals surface area contributed by atoms with Gasteiger partial charge in [-0.25, -0.2) is 18.2 Å². The molecule has 28 heavy (non-hydrogen) atoms. The summed E-state index contributed by atoms with van der Waals surface area (Å²) in [5.41, 5.74) is 0.502. The molecule has 1 aliphatic heterocycles. The first-order valence-electron chi connectivity index (χ1n) is 8.59. The lowest BCUT2D eigenvalue weighted by Crippen LogP contribution is -2.27. The number of carbonyl (C=O) groups is 2. The summed E-state index contributed by atoms with van der Waals surface area (Å²) in [6.07, 6.45) is 3.20. The molecule has 1 aromatic carbocycles. The first-order valence-corrected chi connectivity index (χ1v) is 11.0. The third-order valence-corrected chi connectivity index (χ3v) is 7.10. The predicted molar refractivity (Wildman–Crippen MR) is 105 cm³/mol. The summed E-state index contributed by atoms with van der Waals surface area (Å²) in [6.45, 7) is 1.06. The third kappa shape index (κ3) is 4.70. The van der Waals surface area contributed by atoms with Crippen molar-refractivity contribution in [3.8, 4) is 0 Å². The zero-order chi connectivity index (χ0) is 20.1. The Kier molecular flexibility index (Phi) is 6.32. The number of nitrogens with one attached hydrogen (secondary N) is 1. The van der Waals surface area contributed by atoms with E-state index in [1.54, 1.807) is 0 Å². The van der Waals surface area contributed by atoms with Gasteiger partial charge in [-0.3, -0.25) is 4.79 Å². The zero-order valence-electron chi connectivity index (χ0n) is 14.9. The van der Waals surface area contributed by atoms with Crippen LogP contribution in [0.25, 0.3) is 0 Å². The first kappa shape index (κ1) is 20.3. The van der Waals surface area contributed by atoms with E-state index in [2.05, 4.69) is 10.3 Å². The second kappa shape index (κ2) is 8.72. The molecule has 1 fully saturated rings. The maximum atomic E-state index is 12.5.